The number of nitrogens with one attached hydrogen (secondary N) is 2. The van der Waals surface area contributed by atoms with E-state index in [2.05, 4.69) is 10.6 Å². The number of carbonyl (C=O) groups is 3. The molecule has 1 aliphatic rings. The lowest BCUT2D eigenvalue weighted by Crippen LogP contribution is -2.43. The quantitative estimate of drug-likeness (QED) is 0.814. The maximum Gasteiger partial charge on any atom is 0.325 e. The Morgan fingerprint density at radius 1 is 1.26 bits per heavy atom. The molecule has 1 aromatic carbocycles. The molecule has 1 aromatic rings. The maximum atomic E-state index is 12.2. The van der Waals surface area contributed by atoms with Crippen LogP contribution in [0.3, 0.4) is 0 Å². The smallest absolute Gasteiger partial charge is 0.325 e. The van der Waals surface area contributed by atoms with Crippen molar-refractivity contribution in [1.29, 1.82) is 0 Å². The van der Waals surface area contributed by atoms with E-state index in [-0.39, 0.29) is 24.4 Å². The van der Waals surface area contributed by atoms with Crippen LogP contribution in [-0.4, -0.2) is 34.8 Å². The summed E-state index contributed by atoms with van der Waals surface area (Å²) in [6.07, 6.45) is 0.723. The van der Waals surface area contributed by atoms with Gasteiger partial charge >= 0.3 is 6.03 Å². The average molecular weight is 317 g/mol. The van der Waals surface area contributed by atoms with Gasteiger partial charge in [0.25, 0.3) is 5.91 Å². The summed E-state index contributed by atoms with van der Waals surface area (Å²) >= 11 is 0. The van der Waals surface area contributed by atoms with Gasteiger partial charge in [0.15, 0.2) is 0 Å². The van der Waals surface area contributed by atoms with E-state index >= 15 is 0 Å². The van der Waals surface area contributed by atoms with Crippen LogP contribution in [0.4, 0.5) is 4.79 Å². The van der Waals surface area contributed by atoms with Gasteiger partial charge in [-0.15, -0.1) is 0 Å². The molecule has 2 rings (SSSR count). The lowest BCUT2D eigenvalue weighted by Gasteiger charge is -2.20. The van der Waals surface area contributed by atoms with Crippen molar-refractivity contribution in [3.8, 4) is 0 Å². The van der Waals surface area contributed by atoms with Crippen LogP contribution in [0.25, 0.3) is 0 Å². The predicted molar refractivity (Wildman–Crippen MR) is 86.7 cm³/mol. The molecule has 6 heteroatoms. The molecule has 0 spiro atoms. The molecular formula is C17H23N3O3. The zero-order chi connectivity index (χ0) is 17.2. The van der Waals surface area contributed by atoms with E-state index in [0.717, 1.165) is 22.4 Å². The van der Waals surface area contributed by atoms with Crippen LogP contribution in [0.15, 0.2) is 24.3 Å². The lowest BCUT2D eigenvalue weighted by atomic mass is 10.0. The van der Waals surface area contributed by atoms with Gasteiger partial charge in [-0.25, -0.2) is 4.79 Å². The molecule has 0 bridgehead atoms. The zero-order valence-electron chi connectivity index (χ0n) is 14.0. The number of rotatable bonds is 5. The van der Waals surface area contributed by atoms with Crippen molar-refractivity contribution >= 4 is 17.8 Å². The van der Waals surface area contributed by atoms with Gasteiger partial charge in [0.2, 0.25) is 5.91 Å². The van der Waals surface area contributed by atoms with E-state index in [0.29, 0.717) is 0 Å². The fraction of sp³-hybridized carbons (Fsp3) is 0.471. The maximum absolute atomic E-state index is 12.2. The molecule has 1 saturated heterocycles. The average Bonchev–Trinajstić information content (AvgIpc) is 2.68. The molecule has 1 fully saturated rings. The van der Waals surface area contributed by atoms with Gasteiger partial charge in [0, 0.05) is 0 Å². The summed E-state index contributed by atoms with van der Waals surface area (Å²) in [7, 11) is 0. The van der Waals surface area contributed by atoms with Crippen LogP contribution in [-0.2, 0) is 9.59 Å². The van der Waals surface area contributed by atoms with Crippen LogP contribution < -0.4 is 10.6 Å². The van der Waals surface area contributed by atoms with E-state index in [4.69, 9.17) is 0 Å². The Hall–Kier alpha value is -2.37. The fourth-order valence-corrected chi connectivity index (χ4v) is 2.56. The topological polar surface area (TPSA) is 78.5 Å². The first-order chi connectivity index (χ1) is 10.7. The Morgan fingerprint density at radius 2 is 1.87 bits per heavy atom. The van der Waals surface area contributed by atoms with Crippen molar-refractivity contribution in [2.24, 2.45) is 0 Å². The van der Waals surface area contributed by atoms with Gasteiger partial charge in [-0.3, -0.25) is 14.5 Å². The first kappa shape index (κ1) is 17.0. The Kier molecular flexibility index (Phi) is 4.73. The third kappa shape index (κ3) is 3.70. The number of hydrogen-bond donors (Lipinski definition) is 2. The van der Waals surface area contributed by atoms with Crippen LogP contribution >= 0.6 is 0 Å². The molecule has 1 unspecified atom stereocenters. The Bertz CT molecular complexity index is 622. The van der Waals surface area contributed by atoms with Gasteiger partial charge in [0.1, 0.15) is 12.1 Å². The molecular weight excluding hydrogens is 294 g/mol. The van der Waals surface area contributed by atoms with Crippen molar-refractivity contribution in [2.45, 2.75) is 45.7 Å². The SMILES string of the molecule is CCC(NC(=O)CN1C(=O)NC(C)(C)C1=O)c1ccc(C)cc1. The normalized spacial score (nSPS) is 17.8. The molecule has 1 heterocycles. The highest BCUT2D eigenvalue weighted by atomic mass is 16.2. The van der Waals surface area contributed by atoms with E-state index in [1.807, 2.05) is 38.1 Å². The summed E-state index contributed by atoms with van der Waals surface area (Å²) in [5.74, 6) is -0.736. The number of imide groups is 1. The molecule has 1 aliphatic heterocycles. The van der Waals surface area contributed by atoms with Crippen molar-refractivity contribution in [3.05, 3.63) is 35.4 Å². The fourth-order valence-electron chi connectivity index (χ4n) is 2.56. The summed E-state index contributed by atoms with van der Waals surface area (Å²) in [5, 5.41) is 5.45. The van der Waals surface area contributed by atoms with Gasteiger partial charge in [-0.05, 0) is 32.8 Å². The lowest BCUT2D eigenvalue weighted by molar-refractivity contribution is -0.134. The monoisotopic (exact) mass is 317 g/mol. The minimum atomic E-state index is -0.960. The number of nitrogens with zero attached hydrogens (tertiary/aromatic N) is 1. The third-order valence-electron chi connectivity index (χ3n) is 3.97. The summed E-state index contributed by atoms with van der Waals surface area (Å²) in [6, 6.07) is 7.26. The van der Waals surface area contributed by atoms with Gasteiger partial charge in [-0.1, -0.05) is 36.8 Å². The van der Waals surface area contributed by atoms with Crippen molar-refractivity contribution in [1.82, 2.24) is 15.5 Å². The van der Waals surface area contributed by atoms with Crippen LogP contribution in [0.5, 0.6) is 0 Å². The second-order valence-corrected chi connectivity index (χ2v) is 6.39. The Morgan fingerprint density at radius 3 is 2.35 bits per heavy atom. The number of hydrogen-bond acceptors (Lipinski definition) is 3. The Labute approximate surface area is 136 Å². The number of urea groups is 1. The highest BCUT2D eigenvalue weighted by Gasteiger charge is 2.44. The molecule has 0 saturated carbocycles. The molecule has 0 radical (unpaired) electrons. The molecule has 0 aromatic heterocycles. The number of aryl methyl sites for hydroxylation is 1. The number of carbonyl (C=O) groups excluding carboxylic acids is 3. The molecule has 4 amide bonds. The first-order valence-electron chi connectivity index (χ1n) is 7.74. The van der Waals surface area contributed by atoms with E-state index in [1.165, 1.54) is 0 Å². The van der Waals surface area contributed by atoms with Gasteiger partial charge < -0.3 is 10.6 Å². The molecule has 0 aliphatic carbocycles. The number of amides is 4. The van der Waals surface area contributed by atoms with Crippen LogP contribution in [0, 0.1) is 6.92 Å². The minimum Gasteiger partial charge on any atom is -0.348 e. The second kappa shape index (κ2) is 6.40. The third-order valence-corrected chi connectivity index (χ3v) is 3.97. The summed E-state index contributed by atoms with van der Waals surface area (Å²) < 4.78 is 0. The van der Waals surface area contributed by atoms with Crippen molar-refractivity contribution in [3.63, 3.8) is 0 Å². The molecule has 6 nitrogen and oxygen atoms in total. The predicted octanol–water partition coefficient (Wildman–Crippen LogP) is 1.89. The van der Waals surface area contributed by atoms with Crippen molar-refractivity contribution in [2.75, 3.05) is 6.54 Å². The van der Waals surface area contributed by atoms with Gasteiger partial charge in [-0.2, -0.15) is 0 Å². The van der Waals surface area contributed by atoms with E-state index in [9.17, 15) is 14.4 Å². The summed E-state index contributed by atoms with van der Waals surface area (Å²) in [4.78, 5) is 37.1. The van der Waals surface area contributed by atoms with E-state index in [1.54, 1.807) is 13.8 Å². The zero-order valence-corrected chi connectivity index (χ0v) is 14.0. The minimum absolute atomic E-state index is 0.142. The molecule has 1 atom stereocenters. The highest BCUT2D eigenvalue weighted by Crippen LogP contribution is 2.19. The molecule has 23 heavy (non-hydrogen) atoms. The highest BCUT2D eigenvalue weighted by molar-refractivity contribution is 6.08. The first-order valence-corrected chi connectivity index (χ1v) is 7.74. The van der Waals surface area contributed by atoms with Gasteiger partial charge in [0.05, 0.1) is 6.04 Å². The van der Waals surface area contributed by atoms with Crippen LogP contribution in [0.2, 0.25) is 0 Å². The molecule has 124 valence electrons. The van der Waals surface area contributed by atoms with Crippen LogP contribution in [0.1, 0.15) is 44.4 Å². The summed E-state index contributed by atoms with van der Waals surface area (Å²) in [6.45, 7) is 6.94. The standard InChI is InChI=1S/C17H23N3O3/c1-5-13(12-8-6-11(2)7-9-12)18-14(21)10-20-15(22)17(3,4)19-16(20)23/h6-9,13H,5,10H2,1-4H3,(H,18,21)(H,19,23). The second-order valence-electron chi connectivity index (χ2n) is 6.39. The number of benzene rings is 1. The molecule has 2 N–H and O–H groups in total. The van der Waals surface area contributed by atoms with Crippen molar-refractivity contribution < 1.29 is 14.4 Å². The largest absolute Gasteiger partial charge is 0.348 e. The summed E-state index contributed by atoms with van der Waals surface area (Å²) in [5.41, 5.74) is 1.19. The Balaban J connectivity index is 2.02. The van der Waals surface area contributed by atoms with E-state index < -0.39 is 11.6 Å².